The predicted molar refractivity (Wildman–Crippen MR) is 41.0 cm³/mol. The van der Waals surface area contributed by atoms with E-state index in [9.17, 15) is 4.79 Å². The highest BCUT2D eigenvalue weighted by Crippen LogP contribution is 2.16. The zero-order valence-electron chi connectivity index (χ0n) is 5.52. The van der Waals surface area contributed by atoms with E-state index in [-0.39, 0.29) is 0 Å². The Morgan fingerprint density at radius 1 is 1.50 bits per heavy atom. The van der Waals surface area contributed by atoms with Gasteiger partial charge in [0.15, 0.2) is 0 Å². The topological polar surface area (TPSA) is 17.1 Å². The summed E-state index contributed by atoms with van der Waals surface area (Å²) in [5, 5.41) is 0.612. The van der Waals surface area contributed by atoms with Gasteiger partial charge in [0.1, 0.15) is 0 Å². The van der Waals surface area contributed by atoms with Crippen LogP contribution in [0.3, 0.4) is 0 Å². The fourth-order valence-corrected chi connectivity index (χ4v) is 0.893. The van der Waals surface area contributed by atoms with Crippen molar-refractivity contribution in [2.75, 3.05) is 0 Å². The van der Waals surface area contributed by atoms with Gasteiger partial charge in [-0.05, 0) is 18.6 Å². The van der Waals surface area contributed by atoms with Gasteiger partial charge in [0.05, 0.1) is 0 Å². The Morgan fingerprint density at radius 3 is 2.70 bits per heavy atom. The van der Waals surface area contributed by atoms with Gasteiger partial charge in [-0.2, -0.15) is 0 Å². The molecule has 0 aromatic heterocycles. The molecule has 0 bridgehead atoms. The molecule has 0 atom stereocenters. The number of hydrogen-bond donors (Lipinski definition) is 0. The van der Waals surface area contributed by atoms with Gasteiger partial charge in [-0.1, -0.05) is 23.7 Å². The number of halogens is 1. The van der Waals surface area contributed by atoms with E-state index in [4.69, 9.17) is 11.6 Å². The molecular formula is C8H6ClO. The van der Waals surface area contributed by atoms with Crippen molar-refractivity contribution in [2.45, 2.75) is 6.92 Å². The van der Waals surface area contributed by atoms with Gasteiger partial charge in [0, 0.05) is 10.6 Å². The minimum atomic E-state index is 0.535. The van der Waals surface area contributed by atoms with Crippen LogP contribution in [0.4, 0.5) is 0 Å². The Labute approximate surface area is 64.6 Å². The van der Waals surface area contributed by atoms with Crippen molar-refractivity contribution in [3.05, 3.63) is 34.3 Å². The van der Waals surface area contributed by atoms with Gasteiger partial charge in [-0.3, -0.25) is 4.79 Å². The third kappa shape index (κ3) is 1.19. The SMILES string of the molecule is Cc1c(Cl)cccc1[C]=O. The summed E-state index contributed by atoms with van der Waals surface area (Å²) >= 11 is 5.71. The zero-order valence-corrected chi connectivity index (χ0v) is 6.27. The highest BCUT2D eigenvalue weighted by atomic mass is 35.5. The second kappa shape index (κ2) is 2.84. The van der Waals surface area contributed by atoms with Crippen LogP contribution < -0.4 is 0 Å². The first-order valence-electron chi connectivity index (χ1n) is 2.89. The molecule has 1 aromatic carbocycles. The second-order valence-electron chi connectivity index (χ2n) is 2.01. The van der Waals surface area contributed by atoms with Gasteiger partial charge in [-0.25, -0.2) is 0 Å². The molecule has 0 spiro atoms. The summed E-state index contributed by atoms with van der Waals surface area (Å²) in [7, 11) is 0. The summed E-state index contributed by atoms with van der Waals surface area (Å²) in [5.74, 6) is 0. The third-order valence-electron chi connectivity index (χ3n) is 1.38. The van der Waals surface area contributed by atoms with Crippen LogP contribution in [0.1, 0.15) is 11.1 Å². The molecule has 0 fully saturated rings. The second-order valence-corrected chi connectivity index (χ2v) is 2.42. The van der Waals surface area contributed by atoms with E-state index < -0.39 is 0 Å². The van der Waals surface area contributed by atoms with Crippen LogP contribution in [-0.4, -0.2) is 6.29 Å². The average molecular weight is 154 g/mol. The minimum absolute atomic E-state index is 0.535. The molecule has 0 N–H and O–H groups in total. The molecule has 0 aliphatic heterocycles. The lowest BCUT2D eigenvalue weighted by Crippen LogP contribution is -1.85. The Bertz CT molecular complexity index is 255. The monoisotopic (exact) mass is 153 g/mol. The Balaban J connectivity index is 3.27. The molecule has 0 heterocycles. The van der Waals surface area contributed by atoms with Crippen LogP contribution in [0.2, 0.25) is 5.02 Å². The van der Waals surface area contributed by atoms with Crippen LogP contribution in [0, 0.1) is 6.92 Å². The highest BCUT2D eigenvalue weighted by Gasteiger charge is 1.99. The van der Waals surface area contributed by atoms with Crippen molar-refractivity contribution in [3.63, 3.8) is 0 Å². The molecule has 0 saturated heterocycles. The summed E-state index contributed by atoms with van der Waals surface area (Å²) in [6.07, 6.45) is 1.80. The van der Waals surface area contributed by atoms with E-state index >= 15 is 0 Å². The smallest absolute Gasteiger partial charge is 0.233 e. The molecule has 51 valence electrons. The fraction of sp³-hybridized carbons (Fsp3) is 0.125. The maximum absolute atomic E-state index is 10.2. The first-order valence-corrected chi connectivity index (χ1v) is 3.27. The maximum Gasteiger partial charge on any atom is 0.233 e. The lowest BCUT2D eigenvalue weighted by atomic mass is 10.1. The van der Waals surface area contributed by atoms with E-state index in [0.29, 0.717) is 10.6 Å². The van der Waals surface area contributed by atoms with Crippen LogP contribution in [0.5, 0.6) is 0 Å². The molecule has 0 unspecified atom stereocenters. The van der Waals surface area contributed by atoms with Crippen LogP contribution >= 0.6 is 11.6 Å². The fourth-order valence-electron chi connectivity index (χ4n) is 0.718. The lowest BCUT2D eigenvalue weighted by Gasteiger charge is -1.97. The summed E-state index contributed by atoms with van der Waals surface area (Å²) in [6, 6.07) is 5.17. The van der Waals surface area contributed by atoms with Gasteiger partial charge >= 0.3 is 0 Å². The van der Waals surface area contributed by atoms with Crippen molar-refractivity contribution in [2.24, 2.45) is 0 Å². The molecular weight excluding hydrogens is 148 g/mol. The van der Waals surface area contributed by atoms with E-state index in [2.05, 4.69) is 0 Å². The van der Waals surface area contributed by atoms with Crippen molar-refractivity contribution in [3.8, 4) is 0 Å². The minimum Gasteiger partial charge on any atom is -0.285 e. The zero-order chi connectivity index (χ0) is 7.56. The summed E-state index contributed by atoms with van der Waals surface area (Å²) in [5.41, 5.74) is 1.33. The first kappa shape index (κ1) is 7.29. The lowest BCUT2D eigenvalue weighted by molar-refractivity contribution is 0.562. The molecule has 1 rings (SSSR count). The van der Waals surface area contributed by atoms with Crippen LogP contribution in [-0.2, 0) is 4.79 Å². The molecule has 10 heavy (non-hydrogen) atoms. The molecule has 2 heteroatoms. The molecule has 1 aromatic rings. The van der Waals surface area contributed by atoms with Crippen molar-refractivity contribution < 1.29 is 4.79 Å². The van der Waals surface area contributed by atoms with E-state index in [1.807, 2.05) is 0 Å². The Kier molecular flexibility index (Phi) is 2.07. The summed E-state index contributed by atoms with van der Waals surface area (Å²) in [4.78, 5) is 10.2. The highest BCUT2D eigenvalue weighted by molar-refractivity contribution is 6.31. The van der Waals surface area contributed by atoms with Crippen molar-refractivity contribution >= 4 is 17.9 Å². The average Bonchev–Trinajstić information content (AvgIpc) is 1.95. The van der Waals surface area contributed by atoms with Gasteiger partial charge in [0.25, 0.3) is 0 Å². The molecule has 1 nitrogen and oxygen atoms in total. The van der Waals surface area contributed by atoms with Gasteiger partial charge in [-0.15, -0.1) is 0 Å². The van der Waals surface area contributed by atoms with E-state index in [1.165, 1.54) is 0 Å². The quantitative estimate of drug-likeness (QED) is 0.604. The summed E-state index contributed by atoms with van der Waals surface area (Å²) in [6.45, 7) is 1.79. The molecule has 1 radical (unpaired) electrons. The molecule has 0 aliphatic rings. The standard InChI is InChI=1S/C8H6ClO/c1-6-7(5-10)3-2-4-8(6)9/h2-4H,1H3. The molecule has 0 aliphatic carbocycles. The van der Waals surface area contributed by atoms with E-state index in [1.54, 1.807) is 31.4 Å². The predicted octanol–water partition coefficient (Wildman–Crippen LogP) is 2.11. The normalized spacial score (nSPS) is 9.40. The first-order chi connectivity index (χ1) is 4.75. The summed E-state index contributed by atoms with van der Waals surface area (Å²) < 4.78 is 0. The number of carbonyl (C=O) groups excluding carboxylic acids is 1. The molecule has 0 amide bonds. The number of benzene rings is 1. The maximum atomic E-state index is 10.2. The number of rotatable bonds is 1. The Hall–Kier alpha value is -0.820. The number of hydrogen-bond acceptors (Lipinski definition) is 1. The van der Waals surface area contributed by atoms with Gasteiger partial charge in [0.2, 0.25) is 6.29 Å². The van der Waals surface area contributed by atoms with Crippen LogP contribution in [0.25, 0.3) is 0 Å². The Morgan fingerprint density at radius 2 is 2.20 bits per heavy atom. The van der Waals surface area contributed by atoms with E-state index in [0.717, 1.165) is 5.56 Å². The largest absolute Gasteiger partial charge is 0.285 e. The third-order valence-corrected chi connectivity index (χ3v) is 1.79. The van der Waals surface area contributed by atoms with Gasteiger partial charge < -0.3 is 0 Å². The van der Waals surface area contributed by atoms with Crippen molar-refractivity contribution in [1.82, 2.24) is 0 Å². The van der Waals surface area contributed by atoms with Crippen molar-refractivity contribution in [1.29, 1.82) is 0 Å². The molecule has 0 saturated carbocycles. The van der Waals surface area contributed by atoms with Crippen LogP contribution in [0.15, 0.2) is 18.2 Å².